The Morgan fingerprint density at radius 2 is 1.89 bits per heavy atom. The molecule has 0 spiro atoms. The van der Waals surface area contributed by atoms with E-state index in [9.17, 15) is 0 Å². The van der Waals surface area contributed by atoms with Crippen molar-refractivity contribution in [3.05, 3.63) is 40.6 Å². The van der Waals surface area contributed by atoms with E-state index in [-0.39, 0.29) is 0 Å². The lowest BCUT2D eigenvalue weighted by atomic mass is 10.0. The van der Waals surface area contributed by atoms with Crippen molar-refractivity contribution in [2.24, 2.45) is 12.8 Å². The molecule has 18 heavy (non-hydrogen) atoms. The van der Waals surface area contributed by atoms with E-state index in [1.54, 1.807) is 4.68 Å². The largest absolute Gasteiger partial charge is 0.388 e. The van der Waals surface area contributed by atoms with Gasteiger partial charge in [0, 0.05) is 18.2 Å². The van der Waals surface area contributed by atoms with Crippen LogP contribution >= 0.6 is 12.2 Å². The molecule has 0 bridgehead atoms. The highest BCUT2D eigenvalue weighted by molar-refractivity contribution is 7.80. The number of nitrogens with two attached hydrogens (primary N) is 1. The lowest BCUT2D eigenvalue weighted by Crippen LogP contribution is -2.15. The fourth-order valence-electron chi connectivity index (χ4n) is 2.14. The van der Waals surface area contributed by atoms with E-state index < -0.39 is 0 Å². The zero-order valence-electron chi connectivity index (χ0n) is 11.1. The first-order valence-corrected chi connectivity index (χ1v) is 6.23. The third kappa shape index (κ3) is 2.04. The van der Waals surface area contributed by atoms with Crippen LogP contribution in [0.15, 0.2) is 18.2 Å². The van der Waals surface area contributed by atoms with Crippen molar-refractivity contribution in [1.29, 1.82) is 0 Å². The molecule has 1 heterocycles. The molecule has 0 saturated carbocycles. The number of hydrogen-bond donors (Lipinski definition) is 1. The van der Waals surface area contributed by atoms with Crippen LogP contribution in [-0.4, -0.2) is 14.8 Å². The molecule has 0 unspecified atom stereocenters. The average Bonchev–Trinajstić information content (AvgIpc) is 2.58. The maximum atomic E-state index is 5.73. The topological polar surface area (TPSA) is 43.8 Å². The summed E-state index contributed by atoms with van der Waals surface area (Å²) in [6, 6.07) is 6.34. The Hall–Kier alpha value is -1.68. The third-order valence-electron chi connectivity index (χ3n) is 3.30. The van der Waals surface area contributed by atoms with Crippen LogP contribution in [0.5, 0.6) is 0 Å². The number of benzene rings is 1. The minimum absolute atomic E-state index is 0.387. The van der Waals surface area contributed by atoms with Gasteiger partial charge in [-0.25, -0.2) is 0 Å². The van der Waals surface area contributed by atoms with Crippen LogP contribution < -0.4 is 5.73 Å². The molecule has 0 atom stereocenters. The zero-order chi connectivity index (χ0) is 13.4. The fourth-order valence-corrected chi connectivity index (χ4v) is 2.42. The van der Waals surface area contributed by atoms with Crippen LogP contribution in [0.3, 0.4) is 0 Å². The lowest BCUT2D eigenvalue weighted by Gasteiger charge is -2.04. The second kappa shape index (κ2) is 4.53. The molecular weight excluding hydrogens is 242 g/mol. The maximum absolute atomic E-state index is 5.73. The van der Waals surface area contributed by atoms with Gasteiger partial charge in [0.15, 0.2) is 0 Å². The monoisotopic (exact) mass is 259 g/mol. The van der Waals surface area contributed by atoms with Gasteiger partial charge in [0.25, 0.3) is 0 Å². The summed E-state index contributed by atoms with van der Waals surface area (Å²) in [6.45, 7) is 6.21. The predicted octanol–water partition coefficient (Wildman–Crippen LogP) is 2.65. The molecular formula is C14H17N3S. The van der Waals surface area contributed by atoms with Crippen LogP contribution in [0, 0.1) is 20.8 Å². The first kappa shape index (κ1) is 12.8. The van der Waals surface area contributed by atoms with Crippen molar-refractivity contribution in [3.63, 3.8) is 0 Å². The van der Waals surface area contributed by atoms with Gasteiger partial charge < -0.3 is 5.73 Å². The van der Waals surface area contributed by atoms with Crippen molar-refractivity contribution in [1.82, 2.24) is 9.78 Å². The van der Waals surface area contributed by atoms with Crippen LogP contribution in [0.1, 0.15) is 22.4 Å². The van der Waals surface area contributed by atoms with Gasteiger partial charge in [-0.2, -0.15) is 5.10 Å². The Labute approximate surface area is 113 Å². The minimum atomic E-state index is 0.387. The molecule has 0 amide bonds. The number of aromatic nitrogens is 2. The zero-order valence-corrected chi connectivity index (χ0v) is 11.9. The lowest BCUT2D eigenvalue weighted by molar-refractivity contribution is 0.763. The van der Waals surface area contributed by atoms with Gasteiger partial charge >= 0.3 is 0 Å². The highest BCUT2D eigenvalue weighted by Crippen LogP contribution is 2.26. The van der Waals surface area contributed by atoms with Gasteiger partial charge in [-0.1, -0.05) is 24.4 Å². The molecule has 1 aromatic carbocycles. The average molecular weight is 259 g/mol. The molecule has 0 saturated heterocycles. The molecule has 0 aliphatic rings. The summed E-state index contributed by atoms with van der Waals surface area (Å²) >= 11 is 5.06. The molecule has 2 N–H and O–H groups in total. The Morgan fingerprint density at radius 1 is 1.22 bits per heavy atom. The number of hydrogen-bond acceptors (Lipinski definition) is 2. The second-order valence-corrected chi connectivity index (χ2v) is 5.05. The number of thiocarbonyl (C=S) groups is 1. The van der Waals surface area contributed by atoms with E-state index in [1.807, 2.05) is 14.0 Å². The van der Waals surface area contributed by atoms with Gasteiger partial charge in [0.2, 0.25) is 0 Å². The Morgan fingerprint density at radius 3 is 2.39 bits per heavy atom. The summed E-state index contributed by atoms with van der Waals surface area (Å²) in [4.78, 5) is 0.387. The van der Waals surface area contributed by atoms with E-state index >= 15 is 0 Å². The third-order valence-corrected chi connectivity index (χ3v) is 3.49. The van der Waals surface area contributed by atoms with Crippen molar-refractivity contribution < 1.29 is 0 Å². The van der Waals surface area contributed by atoms with Crippen molar-refractivity contribution in [3.8, 4) is 11.3 Å². The summed E-state index contributed by atoms with van der Waals surface area (Å²) in [6.07, 6.45) is 0. The fraction of sp³-hybridized carbons (Fsp3) is 0.286. The molecule has 0 aliphatic carbocycles. The quantitative estimate of drug-likeness (QED) is 0.843. The van der Waals surface area contributed by atoms with E-state index in [0.29, 0.717) is 4.99 Å². The molecule has 94 valence electrons. The summed E-state index contributed by atoms with van der Waals surface area (Å²) in [5, 5.41) is 4.52. The van der Waals surface area contributed by atoms with E-state index in [0.717, 1.165) is 22.5 Å². The SMILES string of the molecule is Cc1ccc(-c2nn(C)c(C(N)=S)c2C)cc1C. The van der Waals surface area contributed by atoms with Gasteiger partial charge in [0.1, 0.15) is 4.99 Å². The molecule has 3 nitrogen and oxygen atoms in total. The molecule has 1 aromatic heterocycles. The molecule has 0 fully saturated rings. The number of nitrogens with zero attached hydrogens (tertiary/aromatic N) is 2. The molecule has 0 aliphatic heterocycles. The molecule has 4 heteroatoms. The second-order valence-electron chi connectivity index (χ2n) is 4.61. The first-order valence-electron chi connectivity index (χ1n) is 5.83. The van der Waals surface area contributed by atoms with Gasteiger partial charge in [-0.05, 0) is 38.0 Å². The van der Waals surface area contributed by atoms with Crippen molar-refractivity contribution in [2.75, 3.05) is 0 Å². The van der Waals surface area contributed by atoms with Gasteiger partial charge in [0.05, 0.1) is 11.4 Å². The maximum Gasteiger partial charge on any atom is 0.122 e. The van der Waals surface area contributed by atoms with Crippen LogP contribution in [-0.2, 0) is 7.05 Å². The summed E-state index contributed by atoms with van der Waals surface area (Å²) in [5.41, 5.74) is 12.2. The summed E-state index contributed by atoms with van der Waals surface area (Å²) < 4.78 is 1.75. The minimum Gasteiger partial charge on any atom is -0.388 e. The van der Waals surface area contributed by atoms with Crippen LogP contribution in [0.4, 0.5) is 0 Å². The van der Waals surface area contributed by atoms with Crippen molar-refractivity contribution >= 4 is 17.2 Å². The Bertz CT molecular complexity index is 626. The molecule has 2 aromatic rings. The smallest absolute Gasteiger partial charge is 0.122 e. The predicted molar refractivity (Wildman–Crippen MR) is 78.7 cm³/mol. The number of rotatable bonds is 2. The van der Waals surface area contributed by atoms with Crippen molar-refractivity contribution in [2.45, 2.75) is 20.8 Å². The standard InChI is InChI=1S/C14H17N3S/c1-8-5-6-11(7-9(8)2)12-10(3)13(14(15)18)17(4)16-12/h5-7H,1-4H3,(H2,15,18). The molecule has 2 rings (SSSR count). The summed E-state index contributed by atoms with van der Waals surface area (Å²) in [7, 11) is 1.87. The highest BCUT2D eigenvalue weighted by Gasteiger charge is 2.15. The Kier molecular flexibility index (Phi) is 3.22. The number of aryl methyl sites for hydroxylation is 3. The van der Waals surface area contributed by atoms with Crippen LogP contribution in [0.2, 0.25) is 0 Å². The van der Waals surface area contributed by atoms with Gasteiger partial charge in [-0.3, -0.25) is 4.68 Å². The van der Waals surface area contributed by atoms with Gasteiger partial charge in [-0.15, -0.1) is 0 Å². The van der Waals surface area contributed by atoms with E-state index in [2.05, 4.69) is 37.1 Å². The normalized spacial score (nSPS) is 10.7. The molecule has 0 radical (unpaired) electrons. The first-order chi connectivity index (χ1) is 8.41. The van der Waals surface area contributed by atoms with Crippen LogP contribution in [0.25, 0.3) is 11.3 Å². The Balaban J connectivity index is 2.61. The van der Waals surface area contributed by atoms with E-state index in [4.69, 9.17) is 18.0 Å². The van der Waals surface area contributed by atoms with E-state index in [1.165, 1.54) is 11.1 Å². The highest BCUT2D eigenvalue weighted by atomic mass is 32.1. The summed E-state index contributed by atoms with van der Waals surface area (Å²) in [5.74, 6) is 0.